The lowest BCUT2D eigenvalue weighted by molar-refractivity contribution is 0.834. The molecular weight excluding hydrogens is 122 g/mol. The maximum Gasteiger partial charge on any atom is -0.00179 e. The average molecular weight is 145 g/mol. The fraction of sp³-hybridized carbons (Fsp3) is 0.778. The van der Waals surface area contributed by atoms with Crippen LogP contribution in [0.4, 0.5) is 0 Å². The van der Waals surface area contributed by atoms with Gasteiger partial charge in [0.15, 0.2) is 0 Å². The van der Waals surface area contributed by atoms with Crippen molar-refractivity contribution in [2.24, 2.45) is 5.73 Å². The smallest absolute Gasteiger partial charge is 0.00179 e. The summed E-state index contributed by atoms with van der Waals surface area (Å²) in [6.07, 6.45) is 3.00. The van der Waals surface area contributed by atoms with Crippen LogP contribution in [0, 0.1) is 0 Å². The second-order valence-electron chi connectivity index (χ2n) is 2.36. The van der Waals surface area contributed by atoms with Crippen LogP contribution < -0.4 is 5.73 Å². The lowest BCUT2D eigenvalue weighted by atomic mass is 10.5. The number of hydrogen-bond acceptors (Lipinski definition) is 1. The van der Waals surface area contributed by atoms with E-state index in [2.05, 4.69) is 20.4 Å². The Kier molecular flexibility index (Phi) is 38.2. The summed E-state index contributed by atoms with van der Waals surface area (Å²) in [5.74, 6) is 0. The van der Waals surface area contributed by atoms with Gasteiger partial charge in [0.05, 0.1) is 0 Å². The topological polar surface area (TPSA) is 26.0 Å². The summed E-state index contributed by atoms with van der Waals surface area (Å²) in [4.78, 5) is 0. The Morgan fingerprint density at radius 2 is 1.40 bits per heavy atom. The van der Waals surface area contributed by atoms with Gasteiger partial charge in [0.2, 0.25) is 0 Å². The minimum atomic E-state index is 0.333. The molecule has 0 saturated carbocycles. The summed E-state index contributed by atoms with van der Waals surface area (Å²) >= 11 is 0. The second-order valence-corrected chi connectivity index (χ2v) is 2.36. The molecule has 10 heavy (non-hydrogen) atoms. The number of nitrogens with two attached hydrogens (primary N) is 1. The highest BCUT2D eigenvalue weighted by atomic mass is 14.6. The van der Waals surface area contributed by atoms with Crippen molar-refractivity contribution in [1.29, 1.82) is 0 Å². The van der Waals surface area contributed by atoms with Crippen LogP contribution in [0.25, 0.3) is 0 Å². The van der Waals surface area contributed by atoms with Gasteiger partial charge in [-0.1, -0.05) is 40.2 Å². The van der Waals surface area contributed by atoms with Gasteiger partial charge in [0.1, 0.15) is 0 Å². The Bertz CT molecular complexity index is 37.2. The molecule has 0 atom stereocenters. The Morgan fingerprint density at radius 1 is 1.40 bits per heavy atom. The largest absolute Gasteiger partial charge is 0.328 e. The van der Waals surface area contributed by atoms with E-state index in [1.807, 2.05) is 20.8 Å². The lowest BCUT2D eigenvalue weighted by Crippen LogP contribution is -2.06. The average Bonchev–Trinajstić information content (AvgIpc) is 1.65. The summed E-state index contributed by atoms with van der Waals surface area (Å²) < 4.78 is 0. The van der Waals surface area contributed by atoms with E-state index in [1.165, 1.54) is 6.42 Å². The van der Waals surface area contributed by atoms with Crippen LogP contribution >= 0.6 is 0 Å². The van der Waals surface area contributed by atoms with Gasteiger partial charge < -0.3 is 5.73 Å². The highest BCUT2D eigenvalue weighted by Gasteiger charge is 1.67. The predicted octanol–water partition coefficient (Wildman–Crippen LogP) is 2.96. The lowest BCUT2D eigenvalue weighted by Gasteiger charge is -1.81. The first-order valence-electron chi connectivity index (χ1n) is 3.89. The third-order valence-electron chi connectivity index (χ3n) is 0. The number of allylic oxidation sites excluding steroid dienone is 1. The summed E-state index contributed by atoms with van der Waals surface area (Å²) in [5.41, 5.74) is 5.11. The molecule has 0 heterocycles. The molecule has 0 aliphatic rings. The van der Waals surface area contributed by atoms with Crippen molar-refractivity contribution >= 4 is 0 Å². The molecule has 0 aliphatic carbocycles. The Labute approximate surface area is 66.3 Å². The van der Waals surface area contributed by atoms with Gasteiger partial charge in [0.25, 0.3) is 0 Å². The van der Waals surface area contributed by atoms with Gasteiger partial charge >= 0.3 is 0 Å². The van der Waals surface area contributed by atoms with Gasteiger partial charge in [-0.15, -0.1) is 6.58 Å². The Balaban J connectivity index is -0.0000000750. The zero-order chi connectivity index (χ0) is 8.99. The molecule has 64 valence electrons. The first kappa shape index (κ1) is 16.4. The first-order valence-corrected chi connectivity index (χ1v) is 3.89. The van der Waals surface area contributed by atoms with Crippen molar-refractivity contribution in [3.05, 3.63) is 12.7 Å². The summed E-state index contributed by atoms with van der Waals surface area (Å²) in [7, 11) is 0. The molecule has 0 aliphatic heterocycles. The van der Waals surface area contributed by atoms with Gasteiger partial charge in [-0.2, -0.15) is 0 Å². The molecule has 2 N–H and O–H groups in total. The number of hydrogen-bond donors (Lipinski definition) is 1. The van der Waals surface area contributed by atoms with Gasteiger partial charge in [-0.25, -0.2) is 0 Å². The van der Waals surface area contributed by atoms with Crippen LogP contribution in [0.2, 0.25) is 0 Å². The van der Waals surface area contributed by atoms with Crippen LogP contribution in [0.15, 0.2) is 12.7 Å². The molecule has 0 unspecified atom stereocenters. The highest BCUT2D eigenvalue weighted by Crippen LogP contribution is 1.58. The Hall–Kier alpha value is -0.300. The van der Waals surface area contributed by atoms with E-state index in [4.69, 9.17) is 5.73 Å². The molecular formula is C9H23N. The minimum absolute atomic E-state index is 0.333. The molecule has 0 spiro atoms. The fourth-order valence-electron chi connectivity index (χ4n) is 0. The van der Waals surface area contributed by atoms with Crippen LogP contribution in [-0.4, -0.2) is 6.04 Å². The van der Waals surface area contributed by atoms with Crippen molar-refractivity contribution in [1.82, 2.24) is 0 Å². The van der Waals surface area contributed by atoms with Crippen molar-refractivity contribution in [2.75, 3.05) is 0 Å². The normalized spacial score (nSPS) is 6.70. The van der Waals surface area contributed by atoms with Crippen LogP contribution in [0.3, 0.4) is 0 Å². The molecule has 0 fully saturated rings. The third-order valence-corrected chi connectivity index (χ3v) is 0. The van der Waals surface area contributed by atoms with Gasteiger partial charge in [-0.05, 0) is 13.0 Å². The molecule has 1 heteroatoms. The monoisotopic (exact) mass is 145 g/mol. The highest BCUT2D eigenvalue weighted by molar-refractivity contribution is 4.51. The van der Waals surface area contributed by atoms with Gasteiger partial charge in [-0.3, -0.25) is 0 Å². The molecule has 0 radical (unpaired) electrons. The van der Waals surface area contributed by atoms with Crippen molar-refractivity contribution in [2.45, 2.75) is 47.1 Å². The Morgan fingerprint density at radius 3 is 1.40 bits per heavy atom. The predicted molar refractivity (Wildman–Crippen MR) is 51.2 cm³/mol. The summed E-state index contributed by atoms with van der Waals surface area (Å²) in [6, 6.07) is 0.333. The molecule has 1 nitrogen and oxygen atoms in total. The molecule has 0 amide bonds. The fourth-order valence-corrected chi connectivity index (χ4v) is 0. The summed E-state index contributed by atoms with van der Waals surface area (Å²) in [5, 5.41) is 0. The van der Waals surface area contributed by atoms with Crippen LogP contribution in [-0.2, 0) is 0 Å². The molecule has 0 aromatic carbocycles. The maximum atomic E-state index is 5.11. The molecule has 0 aromatic heterocycles. The van der Waals surface area contributed by atoms with Crippen molar-refractivity contribution < 1.29 is 0 Å². The minimum Gasteiger partial charge on any atom is -0.328 e. The van der Waals surface area contributed by atoms with E-state index in [1.54, 1.807) is 6.08 Å². The zero-order valence-electron chi connectivity index (χ0n) is 8.15. The van der Waals surface area contributed by atoms with E-state index in [0.29, 0.717) is 6.04 Å². The molecule has 0 bridgehead atoms. The standard InChI is InChI=1S/C3H9N.C3H8.C3H6/c1-3(2)4;2*1-3-2/h3H,4H2,1-2H3;3H2,1-2H3;3H,1H2,2H3. The van der Waals surface area contributed by atoms with Gasteiger partial charge in [0, 0.05) is 0 Å². The van der Waals surface area contributed by atoms with Crippen molar-refractivity contribution in [3.8, 4) is 0 Å². The number of rotatable bonds is 0. The zero-order valence-corrected chi connectivity index (χ0v) is 8.15. The van der Waals surface area contributed by atoms with Crippen LogP contribution in [0.1, 0.15) is 41.0 Å². The van der Waals surface area contributed by atoms with E-state index < -0.39 is 0 Å². The SMILES string of the molecule is C=CC.CC(C)N.CCC. The third kappa shape index (κ3) is 3840. The summed E-state index contributed by atoms with van der Waals surface area (Å²) in [6.45, 7) is 13.4. The quantitative estimate of drug-likeness (QED) is 0.521. The first-order chi connectivity index (χ1) is 4.56. The maximum absolute atomic E-state index is 5.11. The van der Waals surface area contributed by atoms with Crippen LogP contribution in [0.5, 0.6) is 0 Å². The van der Waals surface area contributed by atoms with Crippen molar-refractivity contribution in [3.63, 3.8) is 0 Å². The second kappa shape index (κ2) is 23.4. The van der Waals surface area contributed by atoms with E-state index in [9.17, 15) is 0 Å². The molecule has 0 aromatic rings. The molecule has 0 rings (SSSR count). The molecule has 0 saturated heterocycles. The van der Waals surface area contributed by atoms with E-state index in [0.717, 1.165) is 0 Å². The van der Waals surface area contributed by atoms with E-state index >= 15 is 0 Å². The van der Waals surface area contributed by atoms with E-state index in [-0.39, 0.29) is 0 Å².